The van der Waals surface area contributed by atoms with Gasteiger partial charge in [-0.15, -0.1) is 0 Å². The highest BCUT2D eigenvalue weighted by Gasteiger charge is 2.11. The Bertz CT molecular complexity index is 346. The van der Waals surface area contributed by atoms with E-state index in [0.717, 1.165) is 12.0 Å². The van der Waals surface area contributed by atoms with E-state index in [-0.39, 0.29) is 17.5 Å². The normalized spacial score (nSPS) is 13.7. The smallest absolute Gasteiger partial charge is 0.123 e. The van der Waals surface area contributed by atoms with Crippen LogP contribution in [0, 0.1) is 5.82 Å². The molecule has 1 unspecified atom stereocenters. The maximum absolute atomic E-state index is 13.0. The average Bonchev–Trinajstić information content (AvgIpc) is 2.15. The quantitative estimate of drug-likeness (QED) is 0.857. The molecule has 0 saturated heterocycles. The zero-order valence-electron chi connectivity index (χ0n) is 10.9. The molecule has 0 aliphatic heterocycles. The minimum absolute atomic E-state index is 0.0131. The van der Waals surface area contributed by atoms with Crippen LogP contribution < -0.4 is 5.73 Å². The lowest BCUT2D eigenvalue weighted by molar-refractivity contribution is -0.00595. The van der Waals surface area contributed by atoms with E-state index in [0.29, 0.717) is 13.0 Å². The zero-order valence-corrected chi connectivity index (χ0v) is 10.9. The number of hydrogen-bond donors (Lipinski definition) is 1. The first-order valence-corrected chi connectivity index (χ1v) is 6.01. The standard InChI is InChI=1S/C14H22FNO/c1-14(2,3)17-8-7-13(16)10-11-5-4-6-12(15)9-11/h4-6,9,13H,7-8,10,16H2,1-3H3. The Morgan fingerprint density at radius 3 is 2.65 bits per heavy atom. The lowest BCUT2D eigenvalue weighted by Gasteiger charge is -2.21. The predicted molar refractivity (Wildman–Crippen MR) is 68.4 cm³/mol. The third-order valence-electron chi connectivity index (χ3n) is 2.41. The maximum atomic E-state index is 13.0. The topological polar surface area (TPSA) is 35.2 Å². The van der Waals surface area contributed by atoms with Crippen molar-refractivity contribution in [3.05, 3.63) is 35.6 Å². The number of ether oxygens (including phenoxy) is 1. The van der Waals surface area contributed by atoms with Gasteiger partial charge in [0.1, 0.15) is 5.82 Å². The highest BCUT2D eigenvalue weighted by Crippen LogP contribution is 2.10. The molecule has 1 aromatic rings. The van der Waals surface area contributed by atoms with Gasteiger partial charge in [-0.3, -0.25) is 0 Å². The molecule has 1 atom stereocenters. The fraction of sp³-hybridized carbons (Fsp3) is 0.571. The predicted octanol–water partition coefficient (Wildman–Crippen LogP) is 2.90. The van der Waals surface area contributed by atoms with E-state index >= 15 is 0 Å². The highest BCUT2D eigenvalue weighted by atomic mass is 19.1. The summed E-state index contributed by atoms with van der Waals surface area (Å²) >= 11 is 0. The summed E-state index contributed by atoms with van der Waals surface area (Å²) in [6.45, 7) is 6.70. The van der Waals surface area contributed by atoms with Crippen LogP contribution in [0.4, 0.5) is 4.39 Å². The van der Waals surface area contributed by atoms with Crippen LogP contribution >= 0.6 is 0 Å². The van der Waals surface area contributed by atoms with Crippen molar-refractivity contribution in [1.82, 2.24) is 0 Å². The van der Waals surface area contributed by atoms with Crippen LogP contribution in [0.3, 0.4) is 0 Å². The Balaban J connectivity index is 2.32. The first-order chi connectivity index (χ1) is 7.87. The SMILES string of the molecule is CC(C)(C)OCCC(N)Cc1cccc(F)c1. The van der Waals surface area contributed by atoms with Gasteiger partial charge in [0.2, 0.25) is 0 Å². The fourth-order valence-electron chi connectivity index (χ4n) is 1.59. The van der Waals surface area contributed by atoms with Gasteiger partial charge in [0.05, 0.1) is 5.60 Å². The van der Waals surface area contributed by atoms with E-state index in [2.05, 4.69) is 0 Å². The summed E-state index contributed by atoms with van der Waals surface area (Å²) in [5.74, 6) is -0.208. The molecule has 17 heavy (non-hydrogen) atoms. The van der Waals surface area contributed by atoms with Gasteiger partial charge < -0.3 is 10.5 Å². The van der Waals surface area contributed by atoms with Crippen LogP contribution in [0.2, 0.25) is 0 Å². The van der Waals surface area contributed by atoms with E-state index in [4.69, 9.17) is 10.5 Å². The Kier molecular flexibility index (Phi) is 5.09. The summed E-state index contributed by atoms with van der Waals surface area (Å²) in [4.78, 5) is 0. The van der Waals surface area contributed by atoms with Crippen LogP contribution in [-0.2, 0) is 11.2 Å². The Morgan fingerprint density at radius 1 is 1.35 bits per heavy atom. The molecule has 2 N–H and O–H groups in total. The van der Waals surface area contributed by atoms with Crippen molar-refractivity contribution in [1.29, 1.82) is 0 Å². The Morgan fingerprint density at radius 2 is 2.06 bits per heavy atom. The first kappa shape index (κ1) is 14.1. The molecule has 96 valence electrons. The molecule has 0 saturated carbocycles. The molecule has 0 amide bonds. The molecule has 0 radical (unpaired) electrons. The second kappa shape index (κ2) is 6.12. The summed E-state index contributed by atoms with van der Waals surface area (Å²) in [6, 6.07) is 6.60. The van der Waals surface area contributed by atoms with Gasteiger partial charge in [-0.25, -0.2) is 4.39 Å². The molecule has 1 rings (SSSR count). The lowest BCUT2D eigenvalue weighted by atomic mass is 10.0. The third-order valence-corrected chi connectivity index (χ3v) is 2.41. The summed E-state index contributed by atoms with van der Waals surface area (Å²) < 4.78 is 18.6. The van der Waals surface area contributed by atoms with E-state index in [1.54, 1.807) is 6.07 Å². The summed E-state index contributed by atoms with van der Waals surface area (Å²) in [7, 11) is 0. The van der Waals surface area contributed by atoms with E-state index in [1.165, 1.54) is 12.1 Å². The molecule has 0 fully saturated rings. The van der Waals surface area contributed by atoms with Crippen molar-refractivity contribution in [2.24, 2.45) is 5.73 Å². The van der Waals surface area contributed by atoms with E-state index in [1.807, 2.05) is 26.8 Å². The molecular weight excluding hydrogens is 217 g/mol. The van der Waals surface area contributed by atoms with Crippen molar-refractivity contribution in [3.63, 3.8) is 0 Å². The molecule has 3 heteroatoms. The minimum Gasteiger partial charge on any atom is -0.376 e. The third kappa shape index (κ3) is 6.39. The van der Waals surface area contributed by atoms with Crippen molar-refractivity contribution >= 4 is 0 Å². The van der Waals surface area contributed by atoms with Crippen LogP contribution in [0.15, 0.2) is 24.3 Å². The minimum atomic E-state index is -0.208. The largest absolute Gasteiger partial charge is 0.376 e. The number of nitrogens with two attached hydrogens (primary N) is 1. The molecule has 0 heterocycles. The van der Waals surface area contributed by atoms with Crippen molar-refractivity contribution in [2.45, 2.75) is 45.3 Å². The molecule has 0 bridgehead atoms. The van der Waals surface area contributed by atoms with Gasteiger partial charge >= 0.3 is 0 Å². The van der Waals surface area contributed by atoms with E-state index < -0.39 is 0 Å². The van der Waals surface area contributed by atoms with Crippen molar-refractivity contribution in [2.75, 3.05) is 6.61 Å². The fourth-order valence-corrected chi connectivity index (χ4v) is 1.59. The highest BCUT2D eigenvalue weighted by molar-refractivity contribution is 5.17. The first-order valence-electron chi connectivity index (χ1n) is 6.01. The molecular formula is C14H22FNO. The molecule has 2 nitrogen and oxygen atoms in total. The Labute approximate surface area is 103 Å². The monoisotopic (exact) mass is 239 g/mol. The second-order valence-corrected chi connectivity index (χ2v) is 5.34. The number of hydrogen-bond acceptors (Lipinski definition) is 2. The van der Waals surface area contributed by atoms with Crippen LogP contribution in [0.1, 0.15) is 32.8 Å². The van der Waals surface area contributed by atoms with Gasteiger partial charge in [0, 0.05) is 12.6 Å². The van der Waals surface area contributed by atoms with Gasteiger partial charge in [-0.05, 0) is 51.3 Å². The van der Waals surface area contributed by atoms with Gasteiger partial charge in [-0.1, -0.05) is 12.1 Å². The maximum Gasteiger partial charge on any atom is 0.123 e. The number of rotatable bonds is 5. The van der Waals surface area contributed by atoms with E-state index in [9.17, 15) is 4.39 Å². The summed E-state index contributed by atoms with van der Waals surface area (Å²) in [5, 5.41) is 0. The van der Waals surface area contributed by atoms with Crippen LogP contribution in [0.5, 0.6) is 0 Å². The second-order valence-electron chi connectivity index (χ2n) is 5.34. The number of benzene rings is 1. The molecule has 0 spiro atoms. The van der Waals surface area contributed by atoms with Crippen molar-refractivity contribution in [3.8, 4) is 0 Å². The van der Waals surface area contributed by atoms with Crippen molar-refractivity contribution < 1.29 is 9.13 Å². The molecule has 0 aromatic heterocycles. The zero-order chi connectivity index (χ0) is 12.9. The van der Waals surface area contributed by atoms with Gasteiger partial charge in [0.25, 0.3) is 0 Å². The molecule has 1 aromatic carbocycles. The van der Waals surface area contributed by atoms with Gasteiger partial charge in [0.15, 0.2) is 0 Å². The molecule has 0 aliphatic rings. The van der Waals surface area contributed by atoms with Crippen LogP contribution in [-0.4, -0.2) is 18.2 Å². The molecule has 0 aliphatic carbocycles. The lowest BCUT2D eigenvalue weighted by Crippen LogP contribution is -2.27. The number of halogens is 1. The Hall–Kier alpha value is -0.930. The average molecular weight is 239 g/mol. The van der Waals surface area contributed by atoms with Crippen LogP contribution in [0.25, 0.3) is 0 Å². The summed E-state index contributed by atoms with van der Waals surface area (Å²) in [6.07, 6.45) is 1.47. The summed E-state index contributed by atoms with van der Waals surface area (Å²) in [5.41, 5.74) is 6.79. The van der Waals surface area contributed by atoms with Gasteiger partial charge in [-0.2, -0.15) is 0 Å².